The van der Waals surface area contributed by atoms with Crippen molar-refractivity contribution < 1.29 is 0 Å². The summed E-state index contributed by atoms with van der Waals surface area (Å²) in [5.74, 6) is 0. The first-order chi connectivity index (χ1) is 7.86. The summed E-state index contributed by atoms with van der Waals surface area (Å²) in [6.45, 7) is 4.52. The zero-order valence-electron chi connectivity index (χ0n) is 10.3. The molecule has 0 heteroatoms. The lowest BCUT2D eigenvalue weighted by Crippen LogP contribution is -1.94. The minimum atomic E-state index is 1.14. The number of unbranched alkanes of at least 4 members (excludes halogenated alkanes) is 1. The number of aryl methyl sites for hydroxylation is 2. The molecule has 0 aliphatic heterocycles. The Morgan fingerprint density at radius 2 is 1.75 bits per heavy atom. The van der Waals surface area contributed by atoms with Gasteiger partial charge in [-0.15, -0.1) is 0 Å². The molecule has 0 unspecified atom stereocenters. The molecule has 0 aromatic heterocycles. The van der Waals surface area contributed by atoms with E-state index in [1.54, 1.807) is 11.1 Å². The molecule has 0 aliphatic carbocycles. The summed E-state index contributed by atoms with van der Waals surface area (Å²) >= 11 is 0. The Morgan fingerprint density at radius 3 is 2.50 bits per heavy atom. The third-order valence-corrected chi connectivity index (χ3v) is 3.29. The van der Waals surface area contributed by atoms with Crippen molar-refractivity contribution in [2.75, 3.05) is 0 Å². The Labute approximate surface area is 98.3 Å². The third kappa shape index (κ3) is 2.11. The fraction of sp³-hybridized carbons (Fsp3) is 0.375. The Bertz CT molecular complexity index is 468. The Hall–Kier alpha value is -1.30. The van der Waals surface area contributed by atoms with Crippen LogP contribution in [0.4, 0.5) is 0 Å². The molecule has 2 rings (SSSR count). The van der Waals surface area contributed by atoms with E-state index >= 15 is 0 Å². The summed E-state index contributed by atoms with van der Waals surface area (Å²) in [5.41, 5.74) is 3.09. The van der Waals surface area contributed by atoms with Gasteiger partial charge in [-0.3, -0.25) is 0 Å². The van der Waals surface area contributed by atoms with Crippen LogP contribution in [0.2, 0.25) is 0 Å². The molecule has 0 spiro atoms. The molecule has 16 heavy (non-hydrogen) atoms. The quantitative estimate of drug-likeness (QED) is 0.686. The summed E-state index contributed by atoms with van der Waals surface area (Å²) in [6, 6.07) is 13.3. The normalized spacial score (nSPS) is 10.9. The van der Waals surface area contributed by atoms with Gasteiger partial charge in [0, 0.05) is 0 Å². The maximum atomic E-state index is 2.32. The number of benzene rings is 2. The molecule has 84 valence electrons. The van der Waals surface area contributed by atoms with Crippen molar-refractivity contribution in [3.63, 3.8) is 0 Å². The summed E-state index contributed by atoms with van der Waals surface area (Å²) in [6.07, 6.45) is 4.94. The van der Waals surface area contributed by atoms with E-state index in [2.05, 4.69) is 50.2 Å². The zero-order valence-corrected chi connectivity index (χ0v) is 10.3. The van der Waals surface area contributed by atoms with E-state index in [-0.39, 0.29) is 0 Å². The van der Waals surface area contributed by atoms with E-state index in [4.69, 9.17) is 0 Å². The average Bonchev–Trinajstić information content (AvgIpc) is 2.35. The van der Waals surface area contributed by atoms with Gasteiger partial charge in [-0.25, -0.2) is 0 Å². The molecule has 0 nitrogen and oxygen atoms in total. The monoisotopic (exact) mass is 212 g/mol. The van der Waals surface area contributed by atoms with Gasteiger partial charge in [0.2, 0.25) is 0 Å². The van der Waals surface area contributed by atoms with Gasteiger partial charge < -0.3 is 0 Å². The molecule has 2 aromatic carbocycles. The second kappa shape index (κ2) is 5.16. The molecule has 0 fully saturated rings. The smallest absolute Gasteiger partial charge is 0.0149 e. The van der Waals surface area contributed by atoms with Gasteiger partial charge in [0.15, 0.2) is 0 Å². The van der Waals surface area contributed by atoms with Gasteiger partial charge in [-0.2, -0.15) is 0 Å². The first-order valence-electron chi connectivity index (χ1n) is 6.36. The fourth-order valence-corrected chi connectivity index (χ4v) is 2.40. The van der Waals surface area contributed by atoms with Crippen molar-refractivity contribution in [2.45, 2.75) is 39.5 Å². The van der Waals surface area contributed by atoms with E-state index in [1.807, 2.05) is 0 Å². The van der Waals surface area contributed by atoms with E-state index in [0.29, 0.717) is 0 Å². The van der Waals surface area contributed by atoms with Crippen molar-refractivity contribution in [3.8, 4) is 0 Å². The van der Waals surface area contributed by atoms with Crippen molar-refractivity contribution >= 4 is 10.8 Å². The van der Waals surface area contributed by atoms with E-state index in [9.17, 15) is 0 Å². The van der Waals surface area contributed by atoms with Crippen LogP contribution in [0.5, 0.6) is 0 Å². The lowest BCUT2D eigenvalue weighted by Gasteiger charge is -2.11. The number of hydrogen-bond donors (Lipinski definition) is 0. The molecular weight excluding hydrogens is 192 g/mol. The Morgan fingerprint density at radius 1 is 0.938 bits per heavy atom. The predicted molar refractivity (Wildman–Crippen MR) is 71.9 cm³/mol. The first kappa shape index (κ1) is 11.2. The van der Waals surface area contributed by atoms with Crippen LogP contribution in [0.3, 0.4) is 0 Å². The molecule has 0 N–H and O–H groups in total. The molecule has 0 saturated carbocycles. The minimum absolute atomic E-state index is 1.14. The topological polar surface area (TPSA) is 0 Å². The van der Waals surface area contributed by atoms with Crippen molar-refractivity contribution in [3.05, 3.63) is 47.5 Å². The lowest BCUT2D eigenvalue weighted by atomic mass is 9.94. The summed E-state index contributed by atoms with van der Waals surface area (Å²) in [7, 11) is 0. The predicted octanol–water partition coefficient (Wildman–Crippen LogP) is 4.74. The summed E-state index contributed by atoms with van der Waals surface area (Å²) < 4.78 is 0. The van der Waals surface area contributed by atoms with Crippen LogP contribution in [-0.2, 0) is 12.8 Å². The van der Waals surface area contributed by atoms with Crippen LogP contribution >= 0.6 is 0 Å². The largest absolute Gasteiger partial charge is 0.0654 e. The lowest BCUT2D eigenvalue weighted by molar-refractivity contribution is 0.789. The molecule has 0 amide bonds. The molecule has 0 atom stereocenters. The van der Waals surface area contributed by atoms with Crippen LogP contribution < -0.4 is 0 Å². The minimum Gasteiger partial charge on any atom is -0.0654 e. The Balaban J connectivity index is 2.50. The van der Waals surface area contributed by atoms with E-state index < -0.39 is 0 Å². The summed E-state index contributed by atoms with van der Waals surface area (Å²) in [4.78, 5) is 0. The highest BCUT2D eigenvalue weighted by molar-refractivity contribution is 5.86. The molecule has 0 aliphatic rings. The van der Waals surface area contributed by atoms with Crippen LogP contribution in [-0.4, -0.2) is 0 Å². The molecule has 0 saturated heterocycles. The third-order valence-electron chi connectivity index (χ3n) is 3.29. The van der Waals surface area contributed by atoms with E-state index in [1.165, 1.54) is 30.0 Å². The standard InChI is InChI=1S/C16H20/c1-3-5-8-13-11-12-14-9-6-7-10-16(14)15(13)4-2/h6-7,9-12H,3-5,8H2,1-2H3. The van der Waals surface area contributed by atoms with Crippen molar-refractivity contribution in [1.82, 2.24) is 0 Å². The average molecular weight is 212 g/mol. The Kier molecular flexibility index (Phi) is 3.61. The summed E-state index contributed by atoms with van der Waals surface area (Å²) in [5, 5.41) is 2.82. The molecule has 0 radical (unpaired) electrons. The maximum Gasteiger partial charge on any atom is -0.0149 e. The highest BCUT2D eigenvalue weighted by Gasteiger charge is 2.04. The van der Waals surface area contributed by atoms with Crippen molar-refractivity contribution in [1.29, 1.82) is 0 Å². The zero-order chi connectivity index (χ0) is 11.4. The molecule has 2 aromatic rings. The fourth-order valence-electron chi connectivity index (χ4n) is 2.40. The number of rotatable bonds is 4. The van der Waals surface area contributed by atoms with Gasteiger partial charge in [-0.05, 0) is 41.2 Å². The van der Waals surface area contributed by atoms with Crippen molar-refractivity contribution in [2.24, 2.45) is 0 Å². The highest BCUT2D eigenvalue weighted by atomic mass is 14.1. The first-order valence-corrected chi connectivity index (χ1v) is 6.36. The second-order valence-electron chi connectivity index (χ2n) is 4.38. The van der Waals surface area contributed by atoms with Gasteiger partial charge in [0.25, 0.3) is 0 Å². The SMILES string of the molecule is CCCCc1ccc2ccccc2c1CC. The second-order valence-corrected chi connectivity index (χ2v) is 4.38. The van der Waals surface area contributed by atoms with Gasteiger partial charge in [0.1, 0.15) is 0 Å². The molecule has 0 bridgehead atoms. The highest BCUT2D eigenvalue weighted by Crippen LogP contribution is 2.24. The molecular formula is C16H20. The maximum absolute atomic E-state index is 2.32. The van der Waals surface area contributed by atoms with Crippen LogP contribution in [0.15, 0.2) is 36.4 Å². The number of fused-ring (bicyclic) bond motifs is 1. The van der Waals surface area contributed by atoms with E-state index in [0.717, 1.165) is 6.42 Å². The van der Waals surface area contributed by atoms with Crippen LogP contribution in [0, 0.1) is 0 Å². The van der Waals surface area contributed by atoms with Gasteiger partial charge in [-0.1, -0.05) is 56.7 Å². The van der Waals surface area contributed by atoms with Crippen LogP contribution in [0.1, 0.15) is 37.8 Å². The van der Waals surface area contributed by atoms with Gasteiger partial charge >= 0.3 is 0 Å². The molecule has 0 heterocycles. The van der Waals surface area contributed by atoms with Crippen LogP contribution in [0.25, 0.3) is 10.8 Å². The number of hydrogen-bond acceptors (Lipinski definition) is 0. The van der Waals surface area contributed by atoms with Gasteiger partial charge in [0.05, 0.1) is 0 Å².